The van der Waals surface area contributed by atoms with Crippen molar-refractivity contribution in [3.63, 3.8) is 0 Å². The zero-order valence-electron chi connectivity index (χ0n) is 13.6. The van der Waals surface area contributed by atoms with Crippen LogP contribution in [0.1, 0.15) is 39.2 Å². The molecule has 1 fully saturated rings. The second-order valence-corrected chi connectivity index (χ2v) is 6.52. The summed E-state index contributed by atoms with van der Waals surface area (Å²) in [6.45, 7) is 8.85. The fourth-order valence-corrected chi connectivity index (χ4v) is 2.26. The van der Waals surface area contributed by atoms with E-state index in [2.05, 4.69) is 32.2 Å². The van der Waals surface area contributed by atoms with Crippen LogP contribution in [0.15, 0.2) is 18.2 Å². The summed E-state index contributed by atoms with van der Waals surface area (Å²) in [6.07, 6.45) is 2.11. The van der Waals surface area contributed by atoms with E-state index in [0.29, 0.717) is 0 Å². The van der Waals surface area contributed by atoms with Crippen LogP contribution in [0.25, 0.3) is 0 Å². The Morgan fingerprint density at radius 1 is 1.19 bits per heavy atom. The van der Waals surface area contributed by atoms with Gasteiger partial charge in [-0.3, -0.25) is 0 Å². The molecule has 118 valence electrons. The molecule has 1 aliphatic heterocycles. The summed E-state index contributed by atoms with van der Waals surface area (Å²) in [4.78, 5) is 0. The van der Waals surface area contributed by atoms with Crippen LogP contribution < -0.4 is 14.8 Å². The topological polar surface area (TPSA) is 39.7 Å². The summed E-state index contributed by atoms with van der Waals surface area (Å²) in [7, 11) is 1.69. The number of ether oxygens (including phenoxy) is 3. The summed E-state index contributed by atoms with van der Waals surface area (Å²) in [5.41, 5.74) is 1.30. The van der Waals surface area contributed by atoms with Gasteiger partial charge in [0, 0.05) is 24.9 Å². The number of methoxy groups -OCH3 is 1. The molecule has 1 saturated heterocycles. The van der Waals surface area contributed by atoms with Crippen molar-refractivity contribution in [3.05, 3.63) is 23.8 Å². The summed E-state index contributed by atoms with van der Waals surface area (Å²) in [6, 6.07) is 6.15. The Balaban J connectivity index is 2.01. The molecule has 1 heterocycles. The minimum absolute atomic E-state index is 0.102. The molecule has 1 aliphatic rings. The second-order valence-electron chi connectivity index (χ2n) is 6.52. The highest BCUT2D eigenvalue weighted by atomic mass is 16.5. The van der Waals surface area contributed by atoms with Crippen molar-refractivity contribution in [3.8, 4) is 11.5 Å². The van der Waals surface area contributed by atoms with Gasteiger partial charge in [-0.25, -0.2) is 0 Å². The van der Waals surface area contributed by atoms with Crippen molar-refractivity contribution in [1.29, 1.82) is 0 Å². The van der Waals surface area contributed by atoms with E-state index >= 15 is 0 Å². The fourth-order valence-electron chi connectivity index (χ4n) is 2.26. The molecule has 0 spiro atoms. The summed E-state index contributed by atoms with van der Waals surface area (Å²) < 4.78 is 16.9. The maximum atomic E-state index is 6.05. The highest BCUT2D eigenvalue weighted by Crippen LogP contribution is 2.30. The Hall–Kier alpha value is -1.26. The van der Waals surface area contributed by atoms with E-state index in [-0.39, 0.29) is 11.6 Å². The quantitative estimate of drug-likeness (QED) is 0.905. The van der Waals surface area contributed by atoms with Crippen LogP contribution in [0.5, 0.6) is 11.5 Å². The molecule has 1 aromatic rings. The normalized spacial score (nSPS) is 16.8. The molecule has 0 aliphatic carbocycles. The molecule has 21 heavy (non-hydrogen) atoms. The Labute approximate surface area is 127 Å². The standard InChI is InChI=1S/C17H27NO3/c1-17(2,3)18-12-13-5-6-15(16(11-13)19-4)21-14-7-9-20-10-8-14/h5-6,11,14,18H,7-10,12H2,1-4H3. The van der Waals surface area contributed by atoms with E-state index < -0.39 is 0 Å². The summed E-state index contributed by atoms with van der Waals surface area (Å²) in [5, 5.41) is 3.48. The molecule has 0 atom stereocenters. The van der Waals surface area contributed by atoms with Crippen LogP contribution in [-0.4, -0.2) is 32.0 Å². The van der Waals surface area contributed by atoms with Crippen LogP contribution in [-0.2, 0) is 11.3 Å². The van der Waals surface area contributed by atoms with Gasteiger partial charge in [0.1, 0.15) is 6.10 Å². The zero-order valence-corrected chi connectivity index (χ0v) is 13.6. The average molecular weight is 293 g/mol. The molecule has 0 bridgehead atoms. The minimum atomic E-state index is 0.102. The molecule has 0 amide bonds. The smallest absolute Gasteiger partial charge is 0.161 e. The van der Waals surface area contributed by atoms with Crippen LogP contribution >= 0.6 is 0 Å². The van der Waals surface area contributed by atoms with E-state index in [1.807, 2.05) is 12.1 Å². The molecular weight excluding hydrogens is 266 g/mol. The maximum absolute atomic E-state index is 6.05. The van der Waals surface area contributed by atoms with Gasteiger partial charge in [0.25, 0.3) is 0 Å². The molecule has 0 radical (unpaired) electrons. The molecule has 0 unspecified atom stereocenters. The van der Waals surface area contributed by atoms with E-state index in [0.717, 1.165) is 44.1 Å². The molecule has 2 rings (SSSR count). The highest BCUT2D eigenvalue weighted by Gasteiger charge is 2.17. The predicted molar refractivity (Wildman–Crippen MR) is 84.1 cm³/mol. The lowest BCUT2D eigenvalue weighted by Gasteiger charge is -2.25. The van der Waals surface area contributed by atoms with E-state index in [4.69, 9.17) is 14.2 Å². The second kappa shape index (κ2) is 7.14. The van der Waals surface area contributed by atoms with Gasteiger partial charge < -0.3 is 19.5 Å². The Bertz CT molecular complexity index is 448. The first-order valence-corrected chi connectivity index (χ1v) is 7.64. The highest BCUT2D eigenvalue weighted by molar-refractivity contribution is 5.43. The zero-order chi connectivity index (χ0) is 15.3. The SMILES string of the molecule is COc1cc(CNC(C)(C)C)ccc1OC1CCOCC1. The predicted octanol–water partition coefficient (Wildman–Crippen LogP) is 3.14. The van der Waals surface area contributed by atoms with Crippen molar-refractivity contribution in [1.82, 2.24) is 5.32 Å². The third kappa shape index (κ3) is 5.21. The number of hydrogen-bond acceptors (Lipinski definition) is 4. The van der Waals surface area contributed by atoms with Gasteiger partial charge in [-0.2, -0.15) is 0 Å². The van der Waals surface area contributed by atoms with Gasteiger partial charge in [0.2, 0.25) is 0 Å². The van der Waals surface area contributed by atoms with Gasteiger partial charge in [0.15, 0.2) is 11.5 Å². The lowest BCUT2D eigenvalue weighted by molar-refractivity contribution is 0.0245. The van der Waals surface area contributed by atoms with Crippen LogP contribution in [0.3, 0.4) is 0 Å². The molecule has 0 aromatic heterocycles. The number of hydrogen-bond donors (Lipinski definition) is 1. The summed E-state index contributed by atoms with van der Waals surface area (Å²) >= 11 is 0. The molecule has 1 aromatic carbocycles. The lowest BCUT2D eigenvalue weighted by atomic mass is 10.1. The summed E-state index contributed by atoms with van der Waals surface area (Å²) in [5.74, 6) is 1.62. The van der Waals surface area contributed by atoms with E-state index in [1.165, 1.54) is 5.56 Å². The van der Waals surface area contributed by atoms with Crippen molar-refractivity contribution >= 4 is 0 Å². The van der Waals surface area contributed by atoms with Crippen molar-refractivity contribution in [2.24, 2.45) is 0 Å². The average Bonchev–Trinajstić information content (AvgIpc) is 2.46. The van der Waals surface area contributed by atoms with Crippen molar-refractivity contribution in [2.45, 2.75) is 51.8 Å². The van der Waals surface area contributed by atoms with Gasteiger partial charge in [-0.15, -0.1) is 0 Å². The third-order valence-electron chi connectivity index (χ3n) is 3.51. The van der Waals surface area contributed by atoms with Crippen molar-refractivity contribution in [2.75, 3.05) is 20.3 Å². The first-order valence-electron chi connectivity index (χ1n) is 7.64. The van der Waals surface area contributed by atoms with Gasteiger partial charge >= 0.3 is 0 Å². The fraction of sp³-hybridized carbons (Fsp3) is 0.647. The van der Waals surface area contributed by atoms with Crippen LogP contribution in [0.4, 0.5) is 0 Å². The number of nitrogens with one attached hydrogen (secondary N) is 1. The molecule has 1 N–H and O–H groups in total. The van der Waals surface area contributed by atoms with Gasteiger partial charge in [-0.1, -0.05) is 6.07 Å². The molecule has 4 nitrogen and oxygen atoms in total. The third-order valence-corrected chi connectivity index (χ3v) is 3.51. The lowest BCUT2D eigenvalue weighted by Crippen LogP contribution is -2.35. The van der Waals surface area contributed by atoms with Crippen LogP contribution in [0, 0.1) is 0 Å². The molecule has 0 saturated carbocycles. The van der Waals surface area contributed by atoms with Gasteiger partial charge in [0.05, 0.1) is 20.3 Å². The van der Waals surface area contributed by atoms with E-state index in [1.54, 1.807) is 7.11 Å². The maximum Gasteiger partial charge on any atom is 0.161 e. The Kier molecular flexibility index (Phi) is 5.48. The van der Waals surface area contributed by atoms with E-state index in [9.17, 15) is 0 Å². The van der Waals surface area contributed by atoms with Gasteiger partial charge in [-0.05, 0) is 38.5 Å². The Morgan fingerprint density at radius 3 is 2.52 bits per heavy atom. The molecular formula is C17H27NO3. The first-order chi connectivity index (χ1) is 9.98. The molecule has 4 heteroatoms. The van der Waals surface area contributed by atoms with Crippen LogP contribution in [0.2, 0.25) is 0 Å². The first kappa shape index (κ1) is 16.1. The number of benzene rings is 1. The van der Waals surface area contributed by atoms with Crippen molar-refractivity contribution < 1.29 is 14.2 Å². The number of rotatable bonds is 5. The minimum Gasteiger partial charge on any atom is -0.493 e. The largest absolute Gasteiger partial charge is 0.493 e. The monoisotopic (exact) mass is 293 g/mol. The Morgan fingerprint density at radius 2 is 1.90 bits per heavy atom.